The van der Waals surface area contributed by atoms with Crippen molar-refractivity contribution in [3.63, 3.8) is 0 Å². The highest BCUT2D eigenvalue weighted by atomic mass is 14.7. The van der Waals surface area contributed by atoms with E-state index in [-0.39, 0.29) is 0 Å². The van der Waals surface area contributed by atoms with Crippen LogP contribution in [0.15, 0.2) is 17.3 Å². The predicted molar refractivity (Wildman–Crippen MR) is 32.1 cm³/mol. The van der Waals surface area contributed by atoms with E-state index in [2.05, 4.69) is 11.6 Å². The maximum atomic E-state index is 6.48. The number of allylic oxidation sites excluding steroid dienone is 1. The minimum Gasteiger partial charge on any atom is -0.307 e. The van der Waals surface area contributed by atoms with Gasteiger partial charge in [0.15, 0.2) is 0 Å². The van der Waals surface area contributed by atoms with Crippen LogP contribution < -0.4 is 0 Å². The van der Waals surface area contributed by atoms with Crippen molar-refractivity contribution in [2.75, 3.05) is 0 Å². The predicted octanol–water partition coefficient (Wildman–Crippen LogP) is 1.24. The van der Waals surface area contributed by atoms with E-state index in [1.165, 1.54) is 6.21 Å². The van der Waals surface area contributed by atoms with Gasteiger partial charge in [0.05, 0.1) is 0 Å². The van der Waals surface area contributed by atoms with E-state index in [0.29, 0.717) is 0 Å². The molecule has 0 atom stereocenters. The zero-order chi connectivity index (χ0) is 5.70. The van der Waals surface area contributed by atoms with Gasteiger partial charge in [0, 0.05) is 18.1 Å². The summed E-state index contributed by atoms with van der Waals surface area (Å²) in [6.45, 7) is 5.27. The molecule has 2 nitrogen and oxygen atoms in total. The van der Waals surface area contributed by atoms with Crippen molar-refractivity contribution in [2.24, 2.45) is 4.99 Å². The molecule has 0 aliphatic carbocycles. The van der Waals surface area contributed by atoms with Crippen molar-refractivity contribution in [1.82, 2.24) is 0 Å². The van der Waals surface area contributed by atoms with Crippen LogP contribution in [-0.2, 0) is 0 Å². The Morgan fingerprint density at radius 1 is 1.86 bits per heavy atom. The normalized spacial score (nSPS) is 9.29. The summed E-state index contributed by atoms with van der Waals surface area (Å²) in [4.78, 5) is 3.68. The van der Waals surface area contributed by atoms with Gasteiger partial charge in [0.25, 0.3) is 0 Å². The first-order chi connectivity index (χ1) is 3.27. The number of nitrogens with zero attached hydrogens (tertiary/aromatic N) is 1. The Kier molecular flexibility index (Phi) is 2.85. The lowest BCUT2D eigenvalue weighted by Gasteiger charge is -1.77. The van der Waals surface area contributed by atoms with Gasteiger partial charge in [-0.1, -0.05) is 6.58 Å². The SMILES string of the molecule is C=C(C)N=CC=N. The van der Waals surface area contributed by atoms with Crippen molar-refractivity contribution >= 4 is 12.4 Å². The Balaban J connectivity index is 3.46. The molecule has 0 radical (unpaired) electrons. The first-order valence-corrected chi connectivity index (χ1v) is 1.96. The molecule has 0 fully saturated rings. The van der Waals surface area contributed by atoms with Gasteiger partial charge in [-0.15, -0.1) is 0 Å². The average molecular weight is 96.1 g/mol. The van der Waals surface area contributed by atoms with E-state index in [0.717, 1.165) is 11.9 Å². The van der Waals surface area contributed by atoms with Crippen molar-refractivity contribution in [3.05, 3.63) is 12.3 Å². The van der Waals surface area contributed by atoms with E-state index in [4.69, 9.17) is 5.41 Å². The lowest BCUT2D eigenvalue weighted by Crippen LogP contribution is -1.70. The fourth-order valence-corrected chi connectivity index (χ4v) is 0.165. The molecular weight excluding hydrogens is 88.1 g/mol. The van der Waals surface area contributed by atoms with Crippen molar-refractivity contribution in [3.8, 4) is 0 Å². The molecule has 0 spiro atoms. The second kappa shape index (κ2) is 3.28. The van der Waals surface area contributed by atoms with Crippen LogP contribution in [0.25, 0.3) is 0 Å². The fraction of sp³-hybridized carbons (Fsp3) is 0.200. The van der Waals surface area contributed by atoms with Crippen LogP contribution in [0.2, 0.25) is 0 Å². The summed E-state index contributed by atoms with van der Waals surface area (Å²) in [6.07, 6.45) is 2.51. The molecular formula is C5H8N2. The van der Waals surface area contributed by atoms with E-state index in [1.54, 1.807) is 6.92 Å². The van der Waals surface area contributed by atoms with E-state index in [1.807, 2.05) is 0 Å². The lowest BCUT2D eigenvalue weighted by atomic mass is 10.6. The van der Waals surface area contributed by atoms with Gasteiger partial charge in [-0.25, -0.2) is 0 Å². The van der Waals surface area contributed by atoms with Gasteiger partial charge in [-0.05, 0) is 6.92 Å². The number of rotatable bonds is 2. The summed E-state index contributed by atoms with van der Waals surface area (Å²) in [5.41, 5.74) is 0.725. The topological polar surface area (TPSA) is 36.2 Å². The summed E-state index contributed by atoms with van der Waals surface area (Å²) < 4.78 is 0. The maximum absolute atomic E-state index is 6.48. The summed E-state index contributed by atoms with van der Waals surface area (Å²) in [6, 6.07) is 0. The molecule has 0 aliphatic rings. The zero-order valence-electron chi connectivity index (χ0n) is 4.31. The highest BCUT2D eigenvalue weighted by Gasteiger charge is 1.66. The summed E-state index contributed by atoms with van der Waals surface area (Å²) in [5.74, 6) is 0. The molecule has 0 aromatic carbocycles. The van der Waals surface area contributed by atoms with Crippen LogP contribution in [0.5, 0.6) is 0 Å². The molecule has 0 bridgehead atoms. The highest BCUT2D eigenvalue weighted by molar-refractivity contribution is 6.14. The molecule has 0 aromatic rings. The summed E-state index contributed by atoms with van der Waals surface area (Å²) in [5, 5.41) is 6.48. The van der Waals surface area contributed by atoms with Crippen LogP contribution in [0.3, 0.4) is 0 Å². The van der Waals surface area contributed by atoms with Crippen LogP contribution in [-0.4, -0.2) is 12.4 Å². The van der Waals surface area contributed by atoms with E-state index >= 15 is 0 Å². The third-order valence-electron chi connectivity index (χ3n) is 0.369. The molecule has 0 saturated carbocycles. The van der Waals surface area contributed by atoms with Gasteiger partial charge in [0.2, 0.25) is 0 Å². The number of hydrogen-bond acceptors (Lipinski definition) is 2. The van der Waals surface area contributed by atoms with Gasteiger partial charge in [0.1, 0.15) is 0 Å². The van der Waals surface area contributed by atoms with Crippen molar-refractivity contribution in [1.29, 1.82) is 5.41 Å². The molecule has 0 rings (SSSR count). The molecule has 38 valence electrons. The first-order valence-electron chi connectivity index (χ1n) is 1.96. The zero-order valence-corrected chi connectivity index (χ0v) is 4.31. The molecule has 0 aliphatic heterocycles. The van der Waals surface area contributed by atoms with Gasteiger partial charge in [-0.2, -0.15) is 0 Å². The number of nitrogens with one attached hydrogen (secondary N) is 1. The molecule has 1 N–H and O–H groups in total. The summed E-state index contributed by atoms with van der Waals surface area (Å²) in [7, 11) is 0. The van der Waals surface area contributed by atoms with Crippen LogP contribution >= 0.6 is 0 Å². The Morgan fingerprint density at radius 2 is 2.43 bits per heavy atom. The molecule has 0 aromatic heterocycles. The minimum atomic E-state index is 0.725. The molecule has 0 heterocycles. The number of aliphatic imine (C=N–C) groups is 1. The maximum Gasteiger partial charge on any atom is 0.0446 e. The third-order valence-corrected chi connectivity index (χ3v) is 0.369. The van der Waals surface area contributed by atoms with Crippen LogP contribution in [0.1, 0.15) is 6.92 Å². The fourth-order valence-electron chi connectivity index (χ4n) is 0.165. The molecule has 2 heteroatoms. The third kappa shape index (κ3) is 5.08. The largest absolute Gasteiger partial charge is 0.307 e. The van der Waals surface area contributed by atoms with Crippen LogP contribution in [0, 0.1) is 5.41 Å². The second-order valence-corrected chi connectivity index (χ2v) is 1.18. The Bertz CT molecular complexity index is 103. The van der Waals surface area contributed by atoms with Crippen molar-refractivity contribution in [2.45, 2.75) is 6.92 Å². The Hall–Kier alpha value is -0.920. The monoisotopic (exact) mass is 96.1 g/mol. The Morgan fingerprint density at radius 3 is 2.57 bits per heavy atom. The molecule has 0 unspecified atom stereocenters. The lowest BCUT2D eigenvalue weighted by molar-refractivity contribution is 1.35. The first kappa shape index (κ1) is 6.08. The van der Waals surface area contributed by atoms with E-state index in [9.17, 15) is 0 Å². The van der Waals surface area contributed by atoms with E-state index < -0.39 is 0 Å². The number of hydrogen-bond donors (Lipinski definition) is 1. The second-order valence-electron chi connectivity index (χ2n) is 1.18. The molecule has 0 amide bonds. The standard InChI is InChI=1S/C5H8N2/c1-5(2)7-4-3-6/h3-4,6H,1H2,2H3. The molecule has 7 heavy (non-hydrogen) atoms. The van der Waals surface area contributed by atoms with Gasteiger partial charge < -0.3 is 5.41 Å². The van der Waals surface area contributed by atoms with Gasteiger partial charge >= 0.3 is 0 Å². The minimum absolute atomic E-state index is 0.725. The highest BCUT2D eigenvalue weighted by Crippen LogP contribution is 1.82. The quantitative estimate of drug-likeness (QED) is 0.502. The molecule has 0 saturated heterocycles. The Labute approximate surface area is 43.1 Å². The average Bonchev–Trinajstić information content (AvgIpc) is 1.61. The smallest absolute Gasteiger partial charge is 0.0446 e. The summed E-state index contributed by atoms with van der Waals surface area (Å²) >= 11 is 0. The van der Waals surface area contributed by atoms with Crippen molar-refractivity contribution < 1.29 is 0 Å². The van der Waals surface area contributed by atoms with Crippen LogP contribution in [0.4, 0.5) is 0 Å². The van der Waals surface area contributed by atoms with Gasteiger partial charge in [-0.3, -0.25) is 4.99 Å².